The number of nitrogens with zero attached hydrogens (tertiary/aromatic N) is 1. The molecule has 4 rings (SSSR count). The Hall–Kier alpha value is -2.78. The summed E-state index contributed by atoms with van der Waals surface area (Å²) >= 11 is 0.690. The lowest BCUT2D eigenvalue weighted by Crippen LogP contribution is -2.31. The standard InChI is InChI=1S/C22H23NO7S/c1-9(2)4-5-13-15-10(6-11(30-13)8-14(24)25)7-12-16(19(15)27)20(28)21-17(18(12)26)23(3)22(29)31-21/h7,9,11,13,27H,4-6,8H2,1-3H3,(H,24,25)/t11-,13-/m1/s1. The largest absolute Gasteiger partial charge is 0.507 e. The van der Waals surface area contributed by atoms with E-state index in [4.69, 9.17) is 4.74 Å². The number of hydrogen-bond donors (Lipinski definition) is 2. The van der Waals surface area contributed by atoms with E-state index in [2.05, 4.69) is 0 Å². The van der Waals surface area contributed by atoms with Crippen LogP contribution in [-0.2, 0) is 23.0 Å². The van der Waals surface area contributed by atoms with Crippen molar-refractivity contribution in [2.24, 2.45) is 13.0 Å². The van der Waals surface area contributed by atoms with Crippen LogP contribution in [0.3, 0.4) is 0 Å². The van der Waals surface area contributed by atoms with Gasteiger partial charge in [0.25, 0.3) is 0 Å². The zero-order valence-electron chi connectivity index (χ0n) is 17.4. The smallest absolute Gasteiger partial charge is 0.308 e. The Labute approximate surface area is 182 Å². The van der Waals surface area contributed by atoms with Crippen LogP contribution in [-0.4, -0.2) is 38.4 Å². The Balaban J connectivity index is 1.87. The van der Waals surface area contributed by atoms with E-state index in [1.165, 1.54) is 7.05 Å². The van der Waals surface area contributed by atoms with E-state index in [9.17, 15) is 29.4 Å². The van der Waals surface area contributed by atoms with Gasteiger partial charge >= 0.3 is 10.8 Å². The van der Waals surface area contributed by atoms with Crippen molar-refractivity contribution in [1.82, 2.24) is 4.57 Å². The topological polar surface area (TPSA) is 123 Å². The number of carbonyl (C=O) groups excluding carboxylic acids is 2. The van der Waals surface area contributed by atoms with Crippen LogP contribution in [0.1, 0.15) is 81.6 Å². The molecule has 0 unspecified atom stereocenters. The summed E-state index contributed by atoms with van der Waals surface area (Å²) in [5, 5.41) is 20.3. The molecular formula is C22H23NO7S. The number of carboxylic acid groups (broad SMARTS) is 1. The molecule has 1 aliphatic heterocycles. The van der Waals surface area contributed by atoms with Crippen molar-refractivity contribution < 1.29 is 29.3 Å². The van der Waals surface area contributed by atoms with Crippen LogP contribution >= 0.6 is 11.3 Å². The summed E-state index contributed by atoms with van der Waals surface area (Å²) in [5.74, 6) is -1.99. The number of thiazole rings is 1. The minimum Gasteiger partial charge on any atom is -0.507 e. The van der Waals surface area contributed by atoms with Gasteiger partial charge in [-0.05, 0) is 36.8 Å². The van der Waals surface area contributed by atoms with E-state index in [0.29, 0.717) is 34.8 Å². The fourth-order valence-corrected chi connectivity index (χ4v) is 5.30. The van der Waals surface area contributed by atoms with Crippen molar-refractivity contribution in [2.75, 3.05) is 0 Å². The van der Waals surface area contributed by atoms with Crippen molar-refractivity contribution in [3.63, 3.8) is 0 Å². The second kappa shape index (κ2) is 7.72. The van der Waals surface area contributed by atoms with Gasteiger partial charge in [-0.1, -0.05) is 25.2 Å². The van der Waals surface area contributed by atoms with E-state index >= 15 is 0 Å². The van der Waals surface area contributed by atoms with Crippen LogP contribution in [0.4, 0.5) is 0 Å². The Morgan fingerprint density at radius 2 is 2.00 bits per heavy atom. The molecule has 0 fully saturated rings. The summed E-state index contributed by atoms with van der Waals surface area (Å²) in [6.07, 6.45) is 0.134. The van der Waals surface area contributed by atoms with Gasteiger partial charge in [-0.25, -0.2) is 0 Å². The third-order valence-electron chi connectivity index (χ3n) is 5.87. The fraction of sp³-hybridized carbons (Fsp3) is 0.455. The SMILES string of the molecule is CC(C)CC[C@H]1O[C@@H](CC(=O)O)Cc2cc3c(c(O)c21)C(=O)c1sc(=O)n(C)c1C3=O. The number of aromatic hydroxyl groups is 1. The van der Waals surface area contributed by atoms with Crippen molar-refractivity contribution in [2.45, 2.75) is 51.7 Å². The molecule has 0 bridgehead atoms. The van der Waals surface area contributed by atoms with Crippen LogP contribution in [0.5, 0.6) is 5.75 Å². The van der Waals surface area contributed by atoms with Gasteiger partial charge in [0.1, 0.15) is 16.3 Å². The van der Waals surface area contributed by atoms with E-state index in [1.54, 1.807) is 6.07 Å². The molecule has 2 atom stereocenters. The molecule has 1 aliphatic carbocycles. The lowest BCUT2D eigenvalue weighted by molar-refractivity contribution is -0.142. The van der Waals surface area contributed by atoms with Crippen molar-refractivity contribution in [1.29, 1.82) is 0 Å². The number of hydrogen-bond acceptors (Lipinski definition) is 7. The van der Waals surface area contributed by atoms with Gasteiger partial charge in [0.15, 0.2) is 0 Å². The molecule has 2 aliphatic rings. The summed E-state index contributed by atoms with van der Waals surface area (Å²) in [4.78, 5) is 49.2. The summed E-state index contributed by atoms with van der Waals surface area (Å²) in [6.45, 7) is 4.10. The monoisotopic (exact) mass is 445 g/mol. The zero-order valence-corrected chi connectivity index (χ0v) is 18.2. The molecule has 0 spiro atoms. The van der Waals surface area contributed by atoms with Crippen LogP contribution in [0.2, 0.25) is 0 Å². The maximum absolute atomic E-state index is 13.1. The van der Waals surface area contributed by atoms with E-state index < -0.39 is 34.6 Å². The lowest BCUT2D eigenvalue weighted by Gasteiger charge is -2.34. The van der Waals surface area contributed by atoms with Crippen LogP contribution in [0, 0.1) is 5.92 Å². The molecule has 1 aromatic carbocycles. The molecule has 9 heteroatoms. The van der Waals surface area contributed by atoms with E-state index in [0.717, 1.165) is 11.0 Å². The first-order valence-corrected chi connectivity index (χ1v) is 11.0. The number of phenols is 1. The van der Waals surface area contributed by atoms with Gasteiger partial charge in [-0.15, -0.1) is 0 Å². The number of aromatic nitrogens is 1. The number of carboxylic acids is 1. The predicted molar refractivity (Wildman–Crippen MR) is 112 cm³/mol. The van der Waals surface area contributed by atoms with E-state index in [-0.39, 0.29) is 40.3 Å². The summed E-state index contributed by atoms with van der Waals surface area (Å²) in [6, 6.07) is 1.56. The normalized spacial score (nSPS) is 19.9. The van der Waals surface area contributed by atoms with Crippen LogP contribution in [0.15, 0.2) is 10.9 Å². The maximum atomic E-state index is 13.1. The molecule has 164 valence electrons. The Kier molecular flexibility index (Phi) is 5.35. The predicted octanol–water partition coefficient (Wildman–Crippen LogP) is 2.82. The Bertz CT molecular complexity index is 1170. The second-order valence-corrected chi connectivity index (χ2v) is 9.47. The van der Waals surface area contributed by atoms with Gasteiger partial charge in [0, 0.05) is 18.2 Å². The fourth-order valence-electron chi connectivity index (χ4n) is 4.38. The maximum Gasteiger partial charge on any atom is 0.308 e. The molecule has 0 radical (unpaired) electrons. The molecular weight excluding hydrogens is 422 g/mol. The summed E-state index contributed by atoms with van der Waals surface area (Å²) < 4.78 is 7.17. The molecule has 8 nitrogen and oxygen atoms in total. The minimum atomic E-state index is -0.998. The van der Waals surface area contributed by atoms with Crippen molar-refractivity contribution in [3.05, 3.63) is 48.6 Å². The summed E-state index contributed by atoms with van der Waals surface area (Å²) in [5.41, 5.74) is 1.01. The van der Waals surface area contributed by atoms with E-state index in [1.807, 2.05) is 13.8 Å². The highest BCUT2D eigenvalue weighted by Gasteiger charge is 2.41. The first-order chi connectivity index (χ1) is 14.6. The first-order valence-electron chi connectivity index (χ1n) is 10.1. The van der Waals surface area contributed by atoms with Crippen LogP contribution in [0.25, 0.3) is 0 Å². The molecule has 0 amide bonds. The first kappa shape index (κ1) is 21.5. The number of aliphatic carboxylic acids is 1. The number of fused-ring (bicyclic) bond motifs is 3. The number of benzene rings is 1. The minimum absolute atomic E-state index is 0.0253. The van der Waals surface area contributed by atoms with Crippen molar-refractivity contribution in [3.8, 4) is 5.75 Å². The summed E-state index contributed by atoms with van der Waals surface area (Å²) in [7, 11) is 1.44. The van der Waals surface area contributed by atoms with Crippen molar-refractivity contribution >= 4 is 28.9 Å². The molecule has 2 aromatic rings. The molecule has 2 N–H and O–H groups in total. The number of ether oxygens (including phenoxy) is 1. The van der Waals surface area contributed by atoms with Gasteiger partial charge < -0.3 is 14.9 Å². The second-order valence-electron chi connectivity index (χ2n) is 8.50. The van der Waals surface area contributed by atoms with Gasteiger partial charge in [-0.3, -0.25) is 23.7 Å². The molecule has 0 saturated heterocycles. The highest BCUT2D eigenvalue weighted by molar-refractivity contribution is 7.12. The number of phenolic OH excluding ortho intramolecular Hbond substituents is 1. The lowest BCUT2D eigenvalue weighted by atomic mass is 9.81. The molecule has 31 heavy (non-hydrogen) atoms. The molecule has 0 saturated carbocycles. The molecule has 1 aromatic heterocycles. The van der Waals surface area contributed by atoms with Gasteiger partial charge in [0.05, 0.1) is 24.2 Å². The van der Waals surface area contributed by atoms with Gasteiger partial charge in [-0.2, -0.15) is 0 Å². The number of rotatable bonds is 5. The quantitative estimate of drug-likeness (QED) is 0.619. The average Bonchev–Trinajstić information content (AvgIpc) is 2.98. The average molecular weight is 445 g/mol. The molecule has 2 heterocycles. The Morgan fingerprint density at radius 1 is 1.29 bits per heavy atom. The zero-order chi connectivity index (χ0) is 22.6. The Morgan fingerprint density at radius 3 is 2.65 bits per heavy atom. The number of carbonyl (C=O) groups is 3. The third kappa shape index (κ3) is 3.51. The highest BCUT2D eigenvalue weighted by Crippen LogP contribution is 2.45. The van der Waals surface area contributed by atoms with Crippen LogP contribution < -0.4 is 4.87 Å². The number of ketones is 2. The third-order valence-corrected chi connectivity index (χ3v) is 6.90. The van der Waals surface area contributed by atoms with Gasteiger partial charge in [0.2, 0.25) is 11.6 Å². The highest BCUT2D eigenvalue weighted by atomic mass is 32.1.